The second kappa shape index (κ2) is 4.55. The molecule has 1 aliphatic rings. The van der Waals surface area contributed by atoms with Crippen LogP contribution in [0, 0.1) is 0 Å². The van der Waals surface area contributed by atoms with Crippen molar-refractivity contribution >= 4 is 9.84 Å². The van der Waals surface area contributed by atoms with Crippen molar-refractivity contribution in [3.8, 4) is 0 Å². The van der Waals surface area contributed by atoms with Gasteiger partial charge in [0.1, 0.15) is 11.0 Å². The van der Waals surface area contributed by atoms with Crippen molar-refractivity contribution in [2.24, 2.45) is 5.73 Å². The molecule has 1 fully saturated rings. The van der Waals surface area contributed by atoms with Gasteiger partial charge in [-0.3, -0.25) is 0 Å². The maximum Gasteiger partial charge on any atom is 0.212 e. The van der Waals surface area contributed by atoms with E-state index in [-0.39, 0.29) is 5.75 Å². The van der Waals surface area contributed by atoms with E-state index >= 15 is 0 Å². The molecule has 90 valence electrons. The van der Waals surface area contributed by atoms with Gasteiger partial charge in [-0.2, -0.15) is 0 Å². The lowest BCUT2D eigenvalue weighted by atomic mass is 10.2. The molecular formula is C10H16N2O3S. The minimum absolute atomic E-state index is 0.248. The second-order valence-electron chi connectivity index (χ2n) is 4.05. The number of hydrogen-bond acceptors (Lipinski definition) is 5. The zero-order chi connectivity index (χ0) is 11.6. The zero-order valence-electron chi connectivity index (χ0n) is 9.05. The van der Waals surface area contributed by atoms with Crippen LogP contribution in [-0.2, 0) is 16.3 Å². The highest BCUT2D eigenvalue weighted by Crippen LogP contribution is 2.34. The van der Waals surface area contributed by atoms with E-state index in [1.54, 1.807) is 6.20 Å². The van der Waals surface area contributed by atoms with Crippen molar-refractivity contribution in [1.82, 2.24) is 4.98 Å². The van der Waals surface area contributed by atoms with E-state index in [0.717, 1.165) is 18.6 Å². The third-order valence-corrected chi connectivity index (χ3v) is 4.96. The van der Waals surface area contributed by atoms with Gasteiger partial charge in [-0.15, -0.1) is 0 Å². The predicted octanol–water partition coefficient (Wildman–Crippen LogP) is 0.816. The molecule has 6 heteroatoms. The Labute approximate surface area is 95.0 Å². The van der Waals surface area contributed by atoms with Crippen LogP contribution < -0.4 is 5.73 Å². The first-order valence-corrected chi connectivity index (χ1v) is 7.21. The van der Waals surface area contributed by atoms with Gasteiger partial charge < -0.3 is 10.2 Å². The van der Waals surface area contributed by atoms with Crippen LogP contribution in [0.5, 0.6) is 0 Å². The SMILES string of the molecule is NCCCc1cnc(C2CCCS2(=O)=O)o1. The summed E-state index contributed by atoms with van der Waals surface area (Å²) in [5.74, 6) is 1.32. The second-order valence-corrected chi connectivity index (χ2v) is 6.36. The van der Waals surface area contributed by atoms with Crippen LogP contribution in [-0.4, -0.2) is 25.7 Å². The van der Waals surface area contributed by atoms with Gasteiger partial charge in [-0.25, -0.2) is 13.4 Å². The lowest BCUT2D eigenvalue weighted by Gasteiger charge is -2.03. The molecule has 0 bridgehead atoms. The Hall–Kier alpha value is -0.880. The van der Waals surface area contributed by atoms with Crippen molar-refractivity contribution in [2.75, 3.05) is 12.3 Å². The lowest BCUT2D eigenvalue weighted by Crippen LogP contribution is -2.08. The average Bonchev–Trinajstić information content (AvgIpc) is 2.81. The van der Waals surface area contributed by atoms with Gasteiger partial charge >= 0.3 is 0 Å². The highest BCUT2D eigenvalue weighted by Gasteiger charge is 2.36. The van der Waals surface area contributed by atoms with Crippen LogP contribution in [0.1, 0.15) is 36.2 Å². The molecule has 1 aromatic rings. The quantitative estimate of drug-likeness (QED) is 0.847. The van der Waals surface area contributed by atoms with Crippen molar-refractivity contribution in [3.63, 3.8) is 0 Å². The van der Waals surface area contributed by atoms with E-state index in [4.69, 9.17) is 10.2 Å². The highest BCUT2D eigenvalue weighted by atomic mass is 32.2. The molecular weight excluding hydrogens is 228 g/mol. The van der Waals surface area contributed by atoms with Crippen LogP contribution in [0.25, 0.3) is 0 Å². The molecule has 1 unspecified atom stereocenters. The summed E-state index contributed by atoms with van der Waals surface area (Å²) in [7, 11) is -3.03. The first-order valence-electron chi connectivity index (χ1n) is 5.50. The lowest BCUT2D eigenvalue weighted by molar-refractivity contribution is 0.439. The number of nitrogens with zero attached hydrogens (tertiary/aromatic N) is 1. The number of aromatic nitrogens is 1. The fourth-order valence-electron chi connectivity index (χ4n) is 1.93. The van der Waals surface area contributed by atoms with Gasteiger partial charge in [0.25, 0.3) is 0 Å². The van der Waals surface area contributed by atoms with Gasteiger partial charge in [-0.05, 0) is 25.8 Å². The predicted molar refractivity (Wildman–Crippen MR) is 59.6 cm³/mol. The Morgan fingerprint density at radius 3 is 3.00 bits per heavy atom. The first kappa shape index (κ1) is 11.6. The molecule has 1 saturated heterocycles. The summed E-state index contributed by atoms with van der Waals surface area (Å²) < 4.78 is 28.8. The molecule has 5 nitrogen and oxygen atoms in total. The topological polar surface area (TPSA) is 86.2 Å². The summed E-state index contributed by atoms with van der Waals surface area (Å²) in [6.07, 6.45) is 4.48. The summed E-state index contributed by atoms with van der Waals surface area (Å²) in [5.41, 5.74) is 5.39. The zero-order valence-corrected chi connectivity index (χ0v) is 9.87. The van der Waals surface area contributed by atoms with Gasteiger partial charge in [0, 0.05) is 6.42 Å². The number of rotatable bonds is 4. The van der Waals surface area contributed by atoms with E-state index in [1.807, 2.05) is 0 Å². The monoisotopic (exact) mass is 244 g/mol. The van der Waals surface area contributed by atoms with Crippen molar-refractivity contribution in [1.29, 1.82) is 0 Å². The molecule has 0 saturated carbocycles. The maximum atomic E-state index is 11.7. The number of oxazole rings is 1. The Morgan fingerprint density at radius 1 is 1.56 bits per heavy atom. The standard InChI is InChI=1S/C10H16N2O3S/c11-5-1-3-8-7-12-10(15-8)9-4-2-6-16(9,13)14/h7,9H,1-6,11H2. The molecule has 2 heterocycles. The Kier molecular flexibility index (Phi) is 3.30. The van der Waals surface area contributed by atoms with Crippen molar-refractivity contribution < 1.29 is 12.8 Å². The minimum Gasteiger partial charge on any atom is -0.444 e. The molecule has 1 aliphatic heterocycles. The van der Waals surface area contributed by atoms with Crippen LogP contribution in [0.3, 0.4) is 0 Å². The highest BCUT2D eigenvalue weighted by molar-refractivity contribution is 7.91. The molecule has 0 amide bonds. The number of aryl methyl sites for hydroxylation is 1. The molecule has 1 aromatic heterocycles. The van der Waals surface area contributed by atoms with Crippen LogP contribution in [0.15, 0.2) is 10.6 Å². The van der Waals surface area contributed by atoms with E-state index in [9.17, 15) is 8.42 Å². The number of nitrogens with two attached hydrogens (primary N) is 1. The van der Waals surface area contributed by atoms with Crippen LogP contribution in [0.4, 0.5) is 0 Å². The largest absolute Gasteiger partial charge is 0.444 e. The van der Waals surface area contributed by atoms with Crippen LogP contribution >= 0.6 is 0 Å². The molecule has 2 rings (SSSR count). The molecule has 16 heavy (non-hydrogen) atoms. The average molecular weight is 244 g/mol. The molecule has 1 atom stereocenters. The summed E-state index contributed by atoms with van der Waals surface area (Å²) in [6.45, 7) is 0.595. The summed E-state index contributed by atoms with van der Waals surface area (Å²) >= 11 is 0. The third kappa shape index (κ3) is 2.27. The normalized spacial score (nSPS) is 23.7. The van der Waals surface area contributed by atoms with E-state index in [2.05, 4.69) is 4.98 Å². The number of sulfone groups is 1. The number of hydrogen-bond donors (Lipinski definition) is 1. The van der Waals surface area contributed by atoms with Crippen molar-refractivity contribution in [2.45, 2.75) is 30.9 Å². The van der Waals surface area contributed by atoms with Crippen LogP contribution in [0.2, 0.25) is 0 Å². The van der Waals surface area contributed by atoms with E-state index in [1.165, 1.54) is 0 Å². The summed E-state index contributed by atoms with van der Waals surface area (Å²) in [5, 5.41) is -0.529. The molecule has 0 radical (unpaired) electrons. The fraction of sp³-hybridized carbons (Fsp3) is 0.700. The third-order valence-electron chi connectivity index (χ3n) is 2.80. The summed E-state index contributed by atoms with van der Waals surface area (Å²) in [4.78, 5) is 4.06. The Balaban J connectivity index is 2.13. The maximum absolute atomic E-state index is 11.7. The minimum atomic E-state index is -3.03. The van der Waals surface area contributed by atoms with E-state index < -0.39 is 15.1 Å². The van der Waals surface area contributed by atoms with Crippen molar-refractivity contribution in [3.05, 3.63) is 17.8 Å². The smallest absolute Gasteiger partial charge is 0.212 e. The van der Waals surface area contributed by atoms with Gasteiger partial charge in [-0.1, -0.05) is 0 Å². The molecule has 0 aliphatic carbocycles. The van der Waals surface area contributed by atoms with Gasteiger partial charge in [0.15, 0.2) is 9.84 Å². The van der Waals surface area contributed by atoms with Gasteiger partial charge in [0.05, 0.1) is 11.9 Å². The molecule has 0 aromatic carbocycles. The summed E-state index contributed by atoms with van der Waals surface area (Å²) in [6, 6.07) is 0. The fourth-order valence-corrected chi connectivity index (χ4v) is 3.73. The van der Waals surface area contributed by atoms with E-state index in [0.29, 0.717) is 25.3 Å². The molecule has 0 spiro atoms. The molecule has 2 N–H and O–H groups in total. The van der Waals surface area contributed by atoms with Gasteiger partial charge in [0.2, 0.25) is 5.89 Å². The Bertz CT molecular complexity index is 452. The first-order chi connectivity index (χ1) is 7.63. The Morgan fingerprint density at radius 2 is 2.38 bits per heavy atom.